The van der Waals surface area contributed by atoms with Crippen molar-refractivity contribution in [2.75, 3.05) is 18.8 Å². The first-order chi connectivity index (χ1) is 11.5. The lowest BCUT2D eigenvalue weighted by Crippen LogP contribution is -2.30. The van der Waals surface area contributed by atoms with E-state index in [0.717, 1.165) is 6.42 Å². The van der Waals surface area contributed by atoms with Crippen molar-refractivity contribution < 1.29 is 9.18 Å². The molecule has 1 N–H and O–H groups in total. The fourth-order valence-corrected chi connectivity index (χ4v) is 3.71. The van der Waals surface area contributed by atoms with Gasteiger partial charge in [0.2, 0.25) is 5.91 Å². The highest BCUT2D eigenvalue weighted by Gasteiger charge is 2.28. The summed E-state index contributed by atoms with van der Waals surface area (Å²) in [6.45, 7) is 2.88. The molecule has 1 saturated heterocycles. The standard InChI is InChI=1S/C17H18FN3O2S/c1-11-8-15(22)20-17(19-11)24-10-16(23)21-7-6-12(9-21)13-4-2-3-5-14(13)18/h2-5,8,12H,6-7,9-10H2,1H3,(H,19,20,22). The highest BCUT2D eigenvalue weighted by atomic mass is 32.2. The normalized spacial score (nSPS) is 17.2. The molecule has 1 unspecified atom stereocenters. The number of halogens is 1. The van der Waals surface area contributed by atoms with Crippen molar-refractivity contribution in [2.45, 2.75) is 24.4 Å². The van der Waals surface area contributed by atoms with Gasteiger partial charge in [0.25, 0.3) is 5.56 Å². The van der Waals surface area contributed by atoms with Crippen molar-refractivity contribution in [3.05, 3.63) is 57.8 Å². The molecular weight excluding hydrogens is 329 g/mol. The molecule has 1 aliphatic rings. The molecule has 7 heteroatoms. The van der Waals surface area contributed by atoms with E-state index in [0.29, 0.717) is 29.5 Å². The second kappa shape index (κ2) is 7.17. The first-order valence-corrected chi connectivity index (χ1v) is 8.74. The summed E-state index contributed by atoms with van der Waals surface area (Å²) in [5, 5.41) is 0.443. The number of nitrogens with zero attached hydrogens (tertiary/aromatic N) is 2. The van der Waals surface area contributed by atoms with Gasteiger partial charge in [0.1, 0.15) is 5.82 Å². The van der Waals surface area contributed by atoms with Crippen LogP contribution in [0.4, 0.5) is 4.39 Å². The van der Waals surface area contributed by atoms with Crippen molar-refractivity contribution in [3.8, 4) is 0 Å². The number of benzene rings is 1. The van der Waals surface area contributed by atoms with Crippen LogP contribution in [0, 0.1) is 12.7 Å². The SMILES string of the molecule is Cc1cc(=O)[nH]c(SCC(=O)N2CCC(c3ccccc3F)C2)n1. The van der Waals surface area contributed by atoms with Crippen molar-refractivity contribution in [3.63, 3.8) is 0 Å². The topological polar surface area (TPSA) is 66.1 Å². The Hall–Kier alpha value is -2.15. The molecule has 1 fully saturated rings. The molecule has 1 aromatic carbocycles. The smallest absolute Gasteiger partial charge is 0.251 e. The van der Waals surface area contributed by atoms with Gasteiger partial charge in [-0.1, -0.05) is 30.0 Å². The largest absolute Gasteiger partial charge is 0.341 e. The maximum absolute atomic E-state index is 13.9. The zero-order valence-electron chi connectivity index (χ0n) is 13.3. The number of carbonyl (C=O) groups is 1. The predicted molar refractivity (Wildman–Crippen MR) is 90.7 cm³/mol. The molecule has 1 aromatic heterocycles. The van der Waals surface area contributed by atoms with Crippen LogP contribution in [-0.2, 0) is 4.79 Å². The first kappa shape index (κ1) is 16.7. The van der Waals surface area contributed by atoms with E-state index in [1.165, 1.54) is 23.9 Å². The number of rotatable bonds is 4. The molecule has 1 amide bonds. The van der Waals surface area contributed by atoms with E-state index < -0.39 is 0 Å². The van der Waals surface area contributed by atoms with Crippen molar-refractivity contribution in [2.24, 2.45) is 0 Å². The molecule has 3 rings (SSSR count). The first-order valence-electron chi connectivity index (χ1n) is 7.76. The Morgan fingerprint density at radius 2 is 2.25 bits per heavy atom. The molecule has 24 heavy (non-hydrogen) atoms. The number of thioether (sulfide) groups is 1. The fourth-order valence-electron chi connectivity index (χ4n) is 2.89. The second-order valence-electron chi connectivity index (χ2n) is 5.83. The summed E-state index contributed by atoms with van der Waals surface area (Å²) in [7, 11) is 0. The summed E-state index contributed by atoms with van der Waals surface area (Å²) < 4.78 is 13.9. The fraction of sp³-hybridized carbons (Fsp3) is 0.353. The highest BCUT2D eigenvalue weighted by Crippen LogP contribution is 2.29. The maximum Gasteiger partial charge on any atom is 0.251 e. The van der Waals surface area contributed by atoms with Gasteiger partial charge in [-0.2, -0.15) is 0 Å². The van der Waals surface area contributed by atoms with Crippen molar-refractivity contribution in [1.29, 1.82) is 0 Å². The molecule has 1 atom stereocenters. The molecule has 126 valence electrons. The van der Waals surface area contributed by atoms with Gasteiger partial charge < -0.3 is 9.88 Å². The summed E-state index contributed by atoms with van der Waals surface area (Å²) in [6, 6.07) is 8.13. The van der Waals surface area contributed by atoms with E-state index >= 15 is 0 Å². The number of amides is 1. The quantitative estimate of drug-likeness (QED) is 0.681. The lowest BCUT2D eigenvalue weighted by atomic mass is 9.98. The van der Waals surface area contributed by atoms with Crippen LogP contribution >= 0.6 is 11.8 Å². The summed E-state index contributed by atoms with van der Waals surface area (Å²) in [5.74, 6) is 0.00360. The lowest BCUT2D eigenvalue weighted by Gasteiger charge is -2.16. The van der Waals surface area contributed by atoms with Crippen molar-refractivity contribution >= 4 is 17.7 Å². The number of aromatic nitrogens is 2. The minimum absolute atomic E-state index is 0.0250. The monoisotopic (exact) mass is 347 g/mol. The predicted octanol–water partition coefficient (Wildman–Crippen LogP) is 2.33. The molecule has 2 heterocycles. The molecule has 0 spiro atoms. The number of hydrogen-bond donors (Lipinski definition) is 1. The third-order valence-electron chi connectivity index (χ3n) is 4.07. The van der Waals surface area contributed by atoms with Gasteiger partial charge in [0.15, 0.2) is 5.16 Å². The number of aryl methyl sites for hydroxylation is 1. The van der Waals surface area contributed by atoms with Gasteiger partial charge in [-0.3, -0.25) is 9.59 Å². The summed E-state index contributed by atoms with van der Waals surface area (Å²) >= 11 is 1.21. The number of likely N-dealkylation sites (tertiary alicyclic amines) is 1. The zero-order valence-corrected chi connectivity index (χ0v) is 14.1. The number of H-pyrrole nitrogens is 1. The van der Waals surface area contributed by atoms with Gasteiger partial charge in [-0.05, 0) is 25.0 Å². The molecule has 0 aliphatic carbocycles. The highest BCUT2D eigenvalue weighted by molar-refractivity contribution is 7.99. The minimum atomic E-state index is -0.224. The average Bonchev–Trinajstić information content (AvgIpc) is 3.02. The van der Waals surface area contributed by atoms with E-state index in [-0.39, 0.29) is 29.0 Å². The van der Waals surface area contributed by atoms with E-state index in [4.69, 9.17) is 0 Å². The average molecular weight is 347 g/mol. The van der Waals surface area contributed by atoms with Gasteiger partial charge in [-0.15, -0.1) is 0 Å². The van der Waals surface area contributed by atoms with Gasteiger partial charge in [-0.25, -0.2) is 9.37 Å². The Morgan fingerprint density at radius 3 is 3.00 bits per heavy atom. The number of carbonyl (C=O) groups excluding carboxylic acids is 1. The van der Waals surface area contributed by atoms with Crippen LogP contribution in [0.3, 0.4) is 0 Å². The number of nitrogens with one attached hydrogen (secondary N) is 1. The maximum atomic E-state index is 13.9. The third-order valence-corrected chi connectivity index (χ3v) is 4.92. The molecule has 1 aliphatic heterocycles. The van der Waals surface area contributed by atoms with Crippen LogP contribution in [0.1, 0.15) is 23.6 Å². The van der Waals surface area contributed by atoms with Crippen LogP contribution in [0.15, 0.2) is 40.3 Å². The van der Waals surface area contributed by atoms with Crippen LogP contribution in [0.25, 0.3) is 0 Å². The molecular formula is C17H18FN3O2S. The Balaban J connectivity index is 1.59. The zero-order chi connectivity index (χ0) is 17.1. The molecule has 0 saturated carbocycles. The van der Waals surface area contributed by atoms with Gasteiger partial charge >= 0.3 is 0 Å². The van der Waals surface area contributed by atoms with Crippen LogP contribution < -0.4 is 5.56 Å². The Bertz CT molecular complexity index is 808. The van der Waals surface area contributed by atoms with E-state index in [1.807, 2.05) is 6.07 Å². The number of hydrogen-bond acceptors (Lipinski definition) is 4. The Kier molecular flexibility index (Phi) is 4.99. The van der Waals surface area contributed by atoms with Crippen LogP contribution in [-0.4, -0.2) is 39.6 Å². The Morgan fingerprint density at radius 1 is 1.46 bits per heavy atom. The minimum Gasteiger partial charge on any atom is -0.341 e. The van der Waals surface area contributed by atoms with Crippen molar-refractivity contribution in [1.82, 2.24) is 14.9 Å². The molecule has 0 radical (unpaired) electrons. The summed E-state index contributed by atoms with van der Waals surface area (Å²) in [4.78, 5) is 32.3. The van der Waals surface area contributed by atoms with Crippen LogP contribution in [0.2, 0.25) is 0 Å². The lowest BCUT2D eigenvalue weighted by molar-refractivity contribution is -0.127. The van der Waals surface area contributed by atoms with E-state index in [1.54, 1.807) is 24.0 Å². The Labute approximate surface area is 143 Å². The van der Waals surface area contributed by atoms with E-state index in [2.05, 4.69) is 9.97 Å². The summed E-state index contributed by atoms with van der Waals surface area (Å²) in [5.41, 5.74) is 1.07. The third kappa shape index (κ3) is 3.84. The van der Waals surface area contributed by atoms with Gasteiger partial charge in [0.05, 0.1) is 5.75 Å². The molecule has 5 nitrogen and oxygen atoms in total. The van der Waals surface area contributed by atoms with Crippen LogP contribution in [0.5, 0.6) is 0 Å². The summed E-state index contributed by atoms with van der Waals surface area (Å²) in [6.07, 6.45) is 0.761. The van der Waals surface area contributed by atoms with Gasteiger partial charge in [0, 0.05) is 30.8 Å². The van der Waals surface area contributed by atoms with E-state index in [9.17, 15) is 14.0 Å². The molecule has 2 aromatic rings. The second-order valence-corrected chi connectivity index (χ2v) is 6.79. The molecule has 0 bridgehead atoms. The number of aromatic amines is 1.